The van der Waals surface area contributed by atoms with Crippen molar-refractivity contribution in [1.82, 2.24) is 20.2 Å². The summed E-state index contributed by atoms with van der Waals surface area (Å²) in [6.45, 7) is 0. The van der Waals surface area contributed by atoms with Crippen LogP contribution in [0.4, 0.5) is 21.8 Å². The maximum atomic E-state index is 13.5. The molecule has 0 radical (unpaired) electrons. The summed E-state index contributed by atoms with van der Waals surface area (Å²) < 4.78 is 13.9. The molecule has 1 aromatic carbocycles. The largest absolute Gasteiger partial charge is 0.339 e. The highest BCUT2D eigenvalue weighted by Crippen LogP contribution is 2.25. The van der Waals surface area contributed by atoms with Crippen LogP contribution in [-0.2, 0) is 0 Å². The van der Waals surface area contributed by atoms with E-state index in [2.05, 4.69) is 46.8 Å². The van der Waals surface area contributed by atoms with Gasteiger partial charge in [-0.1, -0.05) is 0 Å². The topological polar surface area (TPSA) is 105 Å². The van der Waals surface area contributed by atoms with Crippen LogP contribution in [0.3, 0.4) is 0 Å². The first-order valence-electron chi connectivity index (χ1n) is 5.57. The van der Waals surface area contributed by atoms with Gasteiger partial charge in [-0.05, 0) is 34.1 Å². The minimum atomic E-state index is -0.371. The van der Waals surface area contributed by atoms with E-state index in [4.69, 9.17) is 5.84 Å². The number of nitrogens with two attached hydrogens (primary N) is 1. The van der Waals surface area contributed by atoms with Gasteiger partial charge in [0.05, 0.1) is 16.1 Å². The minimum absolute atomic E-state index is 0.224. The zero-order chi connectivity index (χ0) is 14.1. The molecule has 0 saturated heterocycles. The van der Waals surface area contributed by atoms with Crippen LogP contribution in [0, 0.1) is 5.82 Å². The molecule has 0 aliphatic rings. The van der Waals surface area contributed by atoms with Gasteiger partial charge in [-0.15, -0.1) is 0 Å². The van der Waals surface area contributed by atoms with Gasteiger partial charge in [-0.25, -0.2) is 10.2 Å². The van der Waals surface area contributed by atoms with E-state index < -0.39 is 0 Å². The van der Waals surface area contributed by atoms with E-state index in [1.807, 2.05) is 0 Å². The van der Waals surface area contributed by atoms with Crippen LogP contribution in [0.1, 0.15) is 0 Å². The Morgan fingerprint density at radius 3 is 2.90 bits per heavy atom. The lowest BCUT2D eigenvalue weighted by Gasteiger charge is -2.08. The Morgan fingerprint density at radius 2 is 2.15 bits per heavy atom. The molecule has 0 amide bonds. The van der Waals surface area contributed by atoms with Gasteiger partial charge in [-0.3, -0.25) is 10.5 Å². The Bertz CT molecular complexity index is 773. The van der Waals surface area contributed by atoms with Crippen LogP contribution in [0.15, 0.2) is 28.9 Å². The fraction of sp³-hybridized carbons (Fsp3) is 0. The highest BCUT2D eigenvalue weighted by Gasteiger charge is 2.10. The van der Waals surface area contributed by atoms with Crippen LogP contribution in [-0.4, -0.2) is 20.2 Å². The van der Waals surface area contributed by atoms with Crippen molar-refractivity contribution in [3.05, 3.63) is 34.7 Å². The van der Waals surface area contributed by atoms with Crippen molar-refractivity contribution < 1.29 is 4.39 Å². The van der Waals surface area contributed by atoms with Gasteiger partial charge in [0, 0.05) is 5.69 Å². The third-order valence-corrected chi connectivity index (χ3v) is 3.26. The molecule has 2 aromatic heterocycles. The van der Waals surface area contributed by atoms with Crippen LogP contribution in [0.25, 0.3) is 11.0 Å². The van der Waals surface area contributed by atoms with Crippen molar-refractivity contribution in [2.24, 2.45) is 5.84 Å². The third-order valence-electron chi connectivity index (χ3n) is 2.62. The lowest BCUT2D eigenvalue weighted by Crippen LogP contribution is -2.11. The lowest BCUT2D eigenvalue weighted by molar-refractivity contribution is 0.622. The molecular weight excluding hydrogens is 329 g/mol. The highest BCUT2D eigenvalue weighted by atomic mass is 79.9. The molecule has 0 fully saturated rings. The fourth-order valence-electron chi connectivity index (χ4n) is 1.71. The molecule has 7 nitrogen and oxygen atoms in total. The summed E-state index contributed by atoms with van der Waals surface area (Å²) in [6, 6.07) is 4.68. The molecule has 0 aliphatic heterocycles. The van der Waals surface area contributed by atoms with Gasteiger partial charge >= 0.3 is 0 Å². The number of hydrogen-bond donors (Lipinski definition) is 4. The molecule has 0 aliphatic carbocycles. The van der Waals surface area contributed by atoms with Crippen molar-refractivity contribution in [3.8, 4) is 0 Å². The third kappa shape index (κ3) is 2.28. The number of fused-ring (bicyclic) bond motifs is 1. The van der Waals surface area contributed by atoms with Gasteiger partial charge in [0.1, 0.15) is 11.6 Å². The Morgan fingerprint density at radius 1 is 1.30 bits per heavy atom. The average molecular weight is 338 g/mol. The second kappa shape index (κ2) is 5.02. The van der Waals surface area contributed by atoms with E-state index in [0.29, 0.717) is 27.0 Å². The smallest absolute Gasteiger partial charge is 0.241 e. The first kappa shape index (κ1) is 12.8. The molecule has 0 atom stereocenters. The van der Waals surface area contributed by atoms with Crippen molar-refractivity contribution in [3.63, 3.8) is 0 Å². The summed E-state index contributed by atoms with van der Waals surface area (Å²) in [5.41, 5.74) is 3.44. The number of nitrogens with one attached hydrogen (secondary N) is 3. The lowest BCUT2D eigenvalue weighted by atomic mass is 10.3. The van der Waals surface area contributed by atoms with E-state index in [9.17, 15) is 4.39 Å². The summed E-state index contributed by atoms with van der Waals surface area (Å²) >= 11 is 3.10. The molecule has 0 spiro atoms. The van der Waals surface area contributed by atoms with Crippen LogP contribution < -0.4 is 16.6 Å². The molecule has 5 N–H and O–H groups in total. The monoisotopic (exact) mass is 337 g/mol. The Kier molecular flexibility index (Phi) is 3.20. The highest BCUT2D eigenvalue weighted by molar-refractivity contribution is 9.10. The van der Waals surface area contributed by atoms with Crippen LogP contribution >= 0.6 is 15.9 Å². The van der Waals surface area contributed by atoms with Crippen LogP contribution in [0.5, 0.6) is 0 Å². The maximum absolute atomic E-state index is 13.5. The summed E-state index contributed by atoms with van der Waals surface area (Å²) in [6.07, 6.45) is 1.58. The van der Waals surface area contributed by atoms with Gasteiger partial charge in [0.2, 0.25) is 5.95 Å². The van der Waals surface area contributed by atoms with Crippen molar-refractivity contribution >= 4 is 44.4 Å². The molecular formula is C11H9BrFN7. The number of aromatic amines is 1. The number of hydrazine groups is 1. The quantitative estimate of drug-likeness (QED) is 0.431. The predicted molar refractivity (Wildman–Crippen MR) is 76.9 cm³/mol. The minimum Gasteiger partial charge on any atom is -0.339 e. The Balaban J connectivity index is 2.04. The average Bonchev–Trinajstić information content (AvgIpc) is 2.91. The fourth-order valence-corrected chi connectivity index (χ4v) is 1.95. The zero-order valence-electron chi connectivity index (χ0n) is 9.98. The van der Waals surface area contributed by atoms with Gasteiger partial charge in [-0.2, -0.15) is 15.1 Å². The number of hydrogen-bond acceptors (Lipinski definition) is 6. The van der Waals surface area contributed by atoms with E-state index in [-0.39, 0.29) is 11.8 Å². The SMILES string of the molecule is NNc1nc(Nc2ccc(Br)c(F)c2)c2cn[nH]c2n1. The standard InChI is InChI=1S/C11H9BrFN7/c12-7-2-1-5(3-8(7)13)16-9-6-4-15-20-10(6)18-11(17-9)19-14/h1-4H,14H2,(H3,15,16,17,18,19,20). The summed E-state index contributed by atoms with van der Waals surface area (Å²) in [4.78, 5) is 8.29. The molecule has 9 heteroatoms. The first-order chi connectivity index (χ1) is 9.67. The van der Waals surface area contributed by atoms with Gasteiger partial charge < -0.3 is 5.32 Å². The molecule has 0 unspecified atom stereocenters. The molecule has 20 heavy (non-hydrogen) atoms. The van der Waals surface area contributed by atoms with Crippen molar-refractivity contribution in [1.29, 1.82) is 0 Å². The number of halogens is 2. The molecule has 102 valence electrons. The number of H-pyrrole nitrogens is 1. The van der Waals surface area contributed by atoms with Crippen molar-refractivity contribution in [2.75, 3.05) is 10.7 Å². The number of nitrogen functional groups attached to an aromatic ring is 1. The number of rotatable bonds is 3. The molecule has 3 rings (SSSR count). The molecule has 0 bridgehead atoms. The maximum Gasteiger partial charge on any atom is 0.241 e. The molecule has 0 saturated carbocycles. The Hall–Kier alpha value is -2.26. The number of anilines is 3. The summed E-state index contributed by atoms with van der Waals surface area (Å²) in [5.74, 6) is 5.64. The number of nitrogens with zero attached hydrogens (tertiary/aromatic N) is 3. The normalized spacial score (nSPS) is 10.8. The van der Waals surface area contributed by atoms with E-state index in [1.165, 1.54) is 6.07 Å². The van der Waals surface area contributed by atoms with Gasteiger partial charge in [0.15, 0.2) is 5.65 Å². The summed E-state index contributed by atoms with van der Waals surface area (Å²) in [5, 5.41) is 10.3. The van der Waals surface area contributed by atoms with Gasteiger partial charge in [0.25, 0.3) is 0 Å². The first-order valence-corrected chi connectivity index (χ1v) is 6.36. The second-order valence-electron chi connectivity index (χ2n) is 3.93. The number of benzene rings is 1. The molecule has 2 heterocycles. The Labute approximate surface area is 120 Å². The van der Waals surface area contributed by atoms with E-state index in [1.54, 1.807) is 18.3 Å². The van der Waals surface area contributed by atoms with E-state index in [0.717, 1.165) is 0 Å². The van der Waals surface area contributed by atoms with E-state index >= 15 is 0 Å². The summed E-state index contributed by atoms with van der Waals surface area (Å²) in [7, 11) is 0. The predicted octanol–water partition coefficient (Wildman–Crippen LogP) is 2.28. The molecule has 3 aromatic rings. The van der Waals surface area contributed by atoms with Crippen molar-refractivity contribution in [2.45, 2.75) is 0 Å². The van der Waals surface area contributed by atoms with Crippen LogP contribution in [0.2, 0.25) is 0 Å². The number of aromatic nitrogens is 4. The second-order valence-corrected chi connectivity index (χ2v) is 4.78. The zero-order valence-corrected chi connectivity index (χ0v) is 11.6.